The number of hydrogen-bond donors (Lipinski definition) is 2. The lowest BCUT2D eigenvalue weighted by molar-refractivity contribution is -0.130. The van der Waals surface area contributed by atoms with Crippen molar-refractivity contribution in [1.29, 1.82) is 0 Å². The molecular weight excluding hydrogens is 228 g/mol. The lowest BCUT2D eigenvalue weighted by Gasteiger charge is -2.21. The molecule has 1 amide bonds. The minimum atomic E-state index is 0.279. The largest absolute Gasteiger partial charge is 0.356 e. The van der Waals surface area contributed by atoms with Gasteiger partial charge in [-0.1, -0.05) is 12.8 Å². The minimum absolute atomic E-state index is 0.279. The number of carbonyl (C=O) groups excluding carboxylic acids is 1. The summed E-state index contributed by atoms with van der Waals surface area (Å²) in [5.74, 6) is 1.13. The molecule has 0 aromatic heterocycles. The summed E-state index contributed by atoms with van der Waals surface area (Å²) in [7, 11) is 0. The van der Waals surface area contributed by atoms with E-state index in [4.69, 9.17) is 0 Å². The van der Waals surface area contributed by atoms with Gasteiger partial charge >= 0.3 is 0 Å². The van der Waals surface area contributed by atoms with E-state index in [2.05, 4.69) is 15.6 Å². The molecule has 2 aliphatic heterocycles. The van der Waals surface area contributed by atoms with Gasteiger partial charge in [-0.05, 0) is 19.3 Å². The van der Waals surface area contributed by atoms with E-state index in [1.54, 1.807) is 0 Å². The predicted octanol–water partition coefficient (Wildman–Crippen LogP) is 0.718. The molecule has 1 fully saturated rings. The van der Waals surface area contributed by atoms with Gasteiger partial charge in [0.05, 0.1) is 0 Å². The number of hydrogen-bond acceptors (Lipinski definition) is 4. The van der Waals surface area contributed by atoms with Crippen molar-refractivity contribution in [3.8, 4) is 0 Å². The van der Waals surface area contributed by atoms with E-state index < -0.39 is 0 Å². The van der Waals surface area contributed by atoms with E-state index in [1.807, 2.05) is 4.90 Å². The molecule has 5 nitrogen and oxygen atoms in total. The van der Waals surface area contributed by atoms with Gasteiger partial charge in [-0.25, -0.2) is 0 Å². The summed E-state index contributed by atoms with van der Waals surface area (Å²) in [5, 5.41) is 6.39. The maximum atomic E-state index is 12.0. The van der Waals surface area contributed by atoms with Gasteiger partial charge in [0.1, 0.15) is 0 Å². The van der Waals surface area contributed by atoms with Crippen LogP contribution in [0.2, 0.25) is 0 Å². The maximum absolute atomic E-state index is 12.0. The fraction of sp³-hybridized carbons (Fsp3) is 0.846. The van der Waals surface area contributed by atoms with Crippen molar-refractivity contribution < 1.29 is 4.79 Å². The second kappa shape index (κ2) is 7.24. The first kappa shape index (κ1) is 13.2. The summed E-state index contributed by atoms with van der Waals surface area (Å²) in [4.78, 5) is 18.4. The number of amides is 1. The number of guanidine groups is 1. The molecule has 2 N–H and O–H groups in total. The van der Waals surface area contributed by atoms with Gasteiger partial charge in [-0.2, -0.15) is 0 Å². The Kier molecular flexibility index (Phi) is 5.30. The van der Waals surface area contributed by atoms with E-state index in [1.165, 1.54) is 12.8 Å². The predicted molar refractivity (Wildman–Crippen MR) is 72.6 cm³/mol. The zero-order valence-corrected chi connectivity index (χ0v) is 11.1. The average molecular weight is 252 g/mol. The van der Waals surface area contributed by atoms with Gasteiger partial charge in [-0.3, -0.25) is 9.79 Å². The lowest BCUT2D eigenvalue weighted by Crippen LogP contribution is -2.42. The third-order valence-corrected chi connectivity index (χ3v) is 3.49. The van der Waals surface area contributed by atoms with Crippen LogP contribution in [0.3, 0.4) is 0 Å². The number of aliphatic imine (C=N–C) groups is 1. The Labute approximate surface area is 109 Å². The van der Waals surface area contributed by atoms with Gasteiger partial charge in [0.15, 0.2) is 5.96 Å². The summed E-state index contributed by atoms with van der Waals surface area (Å²) in [6.45, 7) is 4.43. The number of nitrogens with zero attached hydrogens (tertiary/aromatic N) is 2. The molecule has 18 heavy (non-hydrogen) atoms. The highest BCUT2D eigenvalue weighted by Crippen LogP contribution is 2.10. The third kappa shape index (κ3) is 4.20. The summed E-state index contributed by atoms with van der Waals surface area (Å²) >= 11 is 0. The zero-order chi connectivity index (χ0) is 12.6. The van der Waals surface area contributed by atoms with Crippen molar-refractivity contribution in [1.82, 2.24) is 15.5 Å². The number of likely N-dealkylation sites (tertiary alicyclic amines) is 1. The quantitative estimate of drug-likeness (QED) is 0.778. The molecule has 0 atom stereocenters. The molecule has 1 saturated heterocycles. The fourth-order valence-electron chi connectivity index (χ4n) is 2.42. The first-order valence-electron chi connectivity index (χ1n) is 7.16. The summed E-state index contributed by atoms with van der Waals surface area (Å²) in [6, 6.07) is 0. The second-order valence-electron chi connectivity index (χ2n) is 4.98. The SMILES string of the molecule is O=C(CCNC1=NCCCN1)N1CCCCCC1. The van der Waals surface area contributed by atoms with Crippen molar-refractivity contribution in [3.63, 3.8) is 0 Å². The van der Waals surface area contributed by atoms with Gasteiger partial charge in [-0.15, -0.1) is 0 Å². The van der Waals surface area contributed by atoms with Crippen molar-refractivity contribution in [2.45, 2.75) is 38.5 Å². The lowest BCUT2D eigenvalue weighted by atomic mass is 10.2. The Morgan fingerprint density at radius 3 is 2.67 bits per heavy atom. The summed E-state index contributed by atoms with van der Waals surface area (Å²) in [6.07, 6.45) is 6.52. The highest BCUT2D eigenvalue weighted by molar-refractivity contribution is 5.81. The molecule has 0 unspecified atom stereocenters. The first-order chi connectivity index (χ1) is 8.86. The fourth-order valence-corrected chi connectivity index (χ4v) is 2.42. The molecule has 2 aliphatic rings. The molecular formula is C13H24N4O. The molecule has 2 heterocycles. The zero-order valence-electron chi connectivity index (χ0n) is 11.1. The van der Waals surface area contributed by atoms with Crippen LogP contribution >= 0.6 is 0 Å². The van der Waals surface area contributed by atoms with E-state index >= 15 is 0 Å². The van der Waals surface area contributed by atoms with Crippen molar-refractivity contribution in [2.24, 2.45) is 4.99 Å². The Morgan fingerprint density at radius 1 is 1.22 bits per heavy atom. The topological polar surface area (TPSA) is 56.7 Å². The molecule has 0 aromatic rings. The normalized spacial score (nSPS) is 20.7. The van der Waals surface area contributed by atoms with Crippen LogP contribution in [0.4, 0.5) is 0 Å². The van der Waals surface area contributed by atoms with Crippen molar-refractivity contribution >= 4 is 11.9 Å². The van der Waals surface area contributed by atoms with Crippen molar-refractivity contribution in [2.75, 3.05) is 32.7 Å². The van der Waals surface area contributed by atoms with Crippen LogP contribution < -0.4 is 10.6 Å². The summed E-state index contributed by atoms with van der Waals surface area (Å²) in [5.41, 5.74) is 0. The molecule has 0 aliphatic carbocycles. The van der Waals surface area contributed by atoms with Crippen LogP contribution in [0.15, 0.2) is 4.99 Å². The van der Waals surface area contributed by atoms with E-state index in [0.29, 0.717) is 13.0 Å². The molecule has 0 saturated carbocycles. The van der Waals surface area contributed by atoms with Crippen LogP contribution in [0, 0.1) is 0 Å². The van der Waals surface area contributed by atoms with Gasteiger partial charge in [0, 0.05) is 39.1 Å². The smallest absolute Gasteiger partial charge is 0.224 e. The highest BCUT2D eigenvalue weighted by Gasteiger charge is 2.15. The first-order valence-corrected chi connectivity index (χ1v) is 7.16. The molecule has 0 aromatic carbocycles. The third-order valence-electron chi connectivity index (χ3n) is 3.49. The molecule has 0 radical (unpaired) electrons. The van der Waals surface area contributed by atoms with E-state index in [9.17, 15) is 4.79 Å². The van der Waals surface area contributed by atoms with E-state index in [0.717, 1.165) is 51.4 Å². The Morgan fingerprint density at radius 2 is 2.00 bits per heavy atom. The van der Waals surface area contributed by atoms with Crippen LogP contribution in [0.1, 0.15) is 38.5 Å². The van der Waals surface area contributed by atoms with Gasteiger partial charge in [0.25, 0.3) is 0 Å². The maximum Gasteiger partial charge on any atom is 0.224 e. The van der Waals surface area contributed by atoms with E-state index in [-0.39, 0.29) is 5.91 Å². The number of rotatable bonds is 3. The van der Waals surface area contributed by atoms with Crippen LogP contribution in [-0.2, 0) is 4.79 Å². The molecule has 5 heteroatoms. The second-order valence-corrected chi connectivity index (χ2v) is 4.98. The molecule has 0 spiro atoms. The van der Waals surface area contributed by atoms with Crippen LogP contribution in [0.25, 0.3) is 0 Å². The average Bonchev–Trinajstić information content (AvgIpc) is 2.69. The molecule has 102 valence electrons. The summed E-state index contributed by atoms with van der Waals surface area (Å²) < 4.78 is 0. The monoisotopic (exact) mass is 252 g/mol. The minimum Gasteiger partial charge on any atom is -0.356 e. The number of carbonyl (C=O) groups is 1. The van der Waals surface area contributed by atoms with Crippen molar-refractivity contribution in [3.05, 3.63) is 0 Å². The Bertz CT molecular complexity index is 295. The molecule has 0 bridgehead atoms. The van der Waals surface area contributed by atoms with Gasteiger partial charge in [0.2, 0.25) is 5.91 Å². The molecule has 2 rings (SSSR count). The Hall–Kier alpha value is -1.26. The van der Waals surface area contributed by atoms with Gasteiger partial charge < -0.3 is 15.5 Å². The van der Waals surface area contributed by atoms with Crippen LogP contribution in [-0.4, -0.2) is 49.5 Å². The van der Waals surface area contributed by atoms with Crippen LogP contribution in [0.5, 0.6) is 0 Å². The number of nitrogens with one attached hydrogen (secondary N) is 2. The standard InChI is InChI=1S/C13H24N4O/c18-12(17-10-3-1-2-4-11-17)6-9-16-13-14-7-5-8-15-13/h1-11H2,(H2,14,15,16). The highest BCUT2D eigenvalue weighted by atomic mass is 16.2. The Balaban J connectivity index is 1.65.